The van der Waals surface area contributed by atoms with E-state index in [2.05, 4.69) is 15.0 Å². The smallest absolute Gasteiger partial charge is 0.351 e. The van der Waals surface area contributed by atoms with E-state index in [1.807, 2.05) is 0 Å². The van der Waals surface area contributed by atoms with Crippen molar-refractivity contribution in [3.05, 3.63) is 33.2 Å². The molecule has 4 atom stereocenters. The third-order valence-corrected chi connectivity index (χ3v) is 3.63. The lowest BCUT2D eigenvalue weighted by molar-refractivity contribution is -0.168. The number of nitrogens with zero attached hydrogens (tertiary/aromatic N) is 5. The van der Waals surface area contributed by atoms with Crippen LogP contribution in [0.3, 0.4) is 0 Å². The number of nitrogen functional groups attached to an aromatic ring is 1. The summed E-state index contributed by atoms with van der Waals surface area (Å²) in [7, 11) is 0. The molecule has 4 N–H and O–H groups in total. The number of aliphatic hydroxyl groups excluding tert-OH is 2. The van der Waals surface area contributed by atoms with Crippen molar-refractivity contribution >= 4 is 11.8 Å². The average molecular weight is 354 g/mol. The highest BCUT2D eigenvalue weighted by Crippen LogP contribution is 2.38. The molecular formula is C13H18N6O6. The molecule has 12 heteroatoms. The number of hydrogen-bond donors (Lipinski definition) is 3. The fraction of sp³-hybridized carbons (Fsp3) is 0.615. The number of aromatic nitrogens is 2. The number of aliphatic hydroxyl groups is 2. The Morgan fingerprint density at radius 3 is 2.88 bits per heavy atom. The van der Waals surface area contributed by atoms with E-state index in [9.17, 15) is 19.8 Å². The maximum Gasteiger partial charge on any atom is 0.351 e. The number of ether oxygens (including phenoxy) is 2. The van der Waals surface area contributed by atoms with Crippen molar-refractivity contribution in [2.45, 2.75) is 38.0 Å². The maximum absolute atomic E-state index is 11.9. The second kappa shape index (κ2) is 7.07. The normalized spacial score (nSPS) is 28.6. The van der Waals surface area contributed by atoms with E-state index in [4.69, 9.17) is 20.7 Å². The van der Waals surface area contributed by atoms with Crippen LogP contribution < -0.4 is 11.4 Å². The summed E-state index contributed by atoms with van der Waals surface area (Å²) in [6.45, 7) is 2.54. The van der Waals surface area contributed by atoms with Gasteiger partial charge in [-0.2, -0.15) is 4.98 Å². The van der Waals surface area contributed by atoms with Gasteiger partial charge >= 0.3 is 11.7 Å². The minimum Gasteiger partial charge on any atom is -0.462 e. The molecule has 2 heterocycles. The quantitative estimate of drug-likeness (QED) is 0.267. The lowest BCUT2D eigenvalue weighted by atomic mass is 10.1. The number of esters is 1. The molecule has 12 nitrogen and oxygen atoms in total. The number of carbonyl (C=O) groups excluding carboxylic acids is 1. The highest BCUT2D eigenvalue weighted by Gasteiger charge is 2.56. The van der Waals surface area contributed by atoms with E-state index in [0.29, 0.717) is 0 Å². The molecule has 0 spiro atoms. The SMILES string of the molecule is CC(C)C(=O)OC[C@@]1(N=[N+]=[N-])O[C@@H](n2ccc(N)nc2=O)[C@H](O)[C@@H]1O. The van der Waals surface area contributed by atoms with Gasteiger partial charge in [-0.3, -0.25) is 9.36 Å². The summed E-state index contributed by atoms with van der Waals surface area (Å²) in [6.07, 6.45) is -3.61. The molecule has 0 bridgehead atoms. The summed E-state index contributed by atoms with van der Waals surface area (Å²) in [5.41, 5.74) is 11.2. The first-order valence-corrected chi connectivity index (χ1v) is 7.33. The predicted octanol–water partition coefficient (Wildman–Crippen LogP) is -0.718. The summed E-state index contributed by atoms with van der Waals surface area (Å²) < 4.78 is 11.3. The number of hydrogen-bond acceptors (Lipinski definition) is 9. The Labute approximate surface area is 141 Å². The fourth-order valence-corrected chi connectivity index (χ4v) is 2.26. The van der Waals surface area contributed by atoms with Gasteiger partial charge in [0.25, 0.3) is 0 Å². The molecule has 1 saturated heterocycles. The van der Waals surface area contributed by atoms with Crippen LogP contribution >= 0.6 is 0 Å². The number of rotatable bonds is 5. The van der Waals surface area contributed by atoms with Crippen molar-refractivity contribution in [2.24, 2.45) is 11.0 Å². The largest absolute Gasteiger partial charge is 0.462 e. The average Bonchev–Trinajstić information content (AvgIpc) is 2.78. The van der Waals surface area contributed by atoms with Crippen LogP contribution in [0.2, 0.25) is 0 Å². The first kappa shape index (κ1) is 18.7. The maximum atomic E-state index is 11.9. The molecule has 0 aliphatic carbocycles. The molecule has 0 amide bonds. The number of anilines is 1. The molecule has 0 unspecified atom stereocenters. The third-order valence-electron chi connectivity index (χ3n) is 3.63. The van der Waals surface area contributed by atoms with Crippen molar-refractivity contribution in [1.29, 1.82) is 0 Å². The number of nitrogens with two attached hydrogens (primary N) is 1. The van der Waals surface area contributed by atoms with E-state index in [-0.39, 0.29) is 5.82 Å². The van der Waals surface area contributed by atoms with Crippen LogP contribution in [0.1, 0.15) is 20.1 Å². The van der Waals surface area contributed by atoms with E-state index in [1.54, 1.807) is 13.8 Å². The standard InChI is InChI=1S/C13H18N6O6/c1-6(2)11(22)24-5-13(17-18-15)9(21)8(20)10(25-13)19-4-3-7(14)16-12(19)23/h3-4,6,8-10,20-21H,5H2,1-2H3,(H2,14,16,23)/t8-,9+,10-,13-/m1/s1. The second-order valence-electron chi connectivity index (χ2n) is 5.78. The lowest BCUT2D eigenvalue weighted by Gasteiger charge is -2.26. The summed E-state index contributed by atoms with van der Waals surface area (Å²) in [5, 5.41) is 23.9. The van der Waals surface area contributed by atoms with E-state index < -0.39 is 48.3 Å². The van der Waals surface area contributed by atoms with Crippen molar-refractivity contribution in [2.75, 3.05) is 12.3 Å². The van der Waals surface area contributed by atoms with Crippen LogP contribution in [0.15, 0.2) is 22.2 Å². The van der Waals surface area contributed by atoms with E-state index in [1.165, 1.54) is 12.3 Å². The van der Waals surface area contributed by atoms with Gasteiger partial charge in [0, 0.05) is 11.1 Å². The van der Waals surface area contributed by atoms with Gasteiger partial charge in [-0.15, -0.1) is 0 Å². The first-order valence-electron chi connectivity index (χ1n) is 7.33. The van der Waals surface area contributed by atoms with Gasteiger partial charge < -0.3 is 25.4 Å². The molecule has 0 radical (unpaired) electrons. The van der Waals surface area contributed by atoms with Crippen LogP contribution in [-0.2, 0) is 14.3 Å². The monoisotopic (exact) mass is 354 g/mol. The van der Waals surface area contributed by atoms with Gasteiger partial charge in [-0.1, -0.05) is 19.0 Å². The molecule has 136 valence electrons. The zero-order chi connectivity index (χ0) is 18.8. The zero-order valence-electron chi connectivity index (χ0n) is 13.5. The fourth-order valence-electron chi connectivity index (χ4n) is 2.26. The zero-order valence-corrected chi connectivity index (χ0v) is 13.5. The first-order chi connectivity index (χ1) is 11.7. The van der Waals surface area contributed by atoms with Gasteiger partial charge in [0.1, 0.15) is 24.6 Å². The van der Waals surface area contributed by atoms with E-state index >= 15 is 0 Å². The summed E-state index contributed by atoms with van der Waals surface area (Å²) in [4.78, 5) is 29.6. The van der Waals surface area contributed by atoms with Gasteiger partial charge in [0.05, 0.1) is 5.92 Å². The molecule has 1 aromatic heterocycles. The molecule has 1 aromatic rings. The van der Waals surface area contributed by atoms with Gasteiger partial charge in [0.2, 0.25) is 5.72 Å². The van der Waals surface area contributed by atoms with Crippen LogP contribution in [-0.4, -0.2) is 50.3 Å². The highest BCUT2D eigenvalue weighted by atomic mass is 16.6. The van der Waals surface area contributed by atoms with Crippen LogP contribution in [0.5, 0.6) is 0 Å². The van der Waals surface area contributed by atoms with Crippen LogP contribution in [0, 0.1) is 5.92 Å². The minimum atomic E-state index is -2.09. The van der Waals surface area contributed by atoms with Crippen LogP contribution in [0.25, 0.3) is 10.4 Å². The molecular weight excluding hydrogens is 336 g/mol. The Morgan fingerprint density at radius 1 is 1.64 bits per heavy atom. The Morgan fingerprint density at radius 2 is 2.32 bits per heavy atom. The van der Waals surface area contributed by atoms with Crippen molar-refractivity contribution in [1.82, 2.24) is 9.55 Å². The van der Waals surface area contributed by atoms with Crippen LogP contribution in [0.4, 0.5) is 5.82 Å². The van der Waals surface area contributed by atoms with Crippen molar-refractivity contribution in [3.63, 3.8) is 0 Å². The topological polar surface area (TPSA) is 186 Å². The Kier molecular flexibility index (Phi) is 5.28. The van der Waals surface area contributed by atoms with Crippen molar-refractivity contribution < 1.29 is 24.5 Å². The summed E-state index contributed by atoms with van der Waals surface area (Å²) >= 11 is 0. The van der Waals surface area contributed by atoms with E-state index in [0.717, 1.165) is 4.57 Å². The van der Waals surface area contributed by atoms with Gasteiger partial charge in [-0.05, 0) is 11.6 Å². The molecule has 1 fully saturated rings. The minimum absolute atomic E-state index is 0.0403. The Bertz CT molecular complexity index is 760. The third kappa shape index (κ3) is 3.56. The Hall–Kier alpha value is -2.66. The number of carbonyl (C=O) groups is 1. The van der Waals surface area contributed by atoms with Gasteiger partial charge in [0.15, 0.2) is 6.23 Å². The molecule has 1 aliphatic rings. The molecule has 2 rings (SSSR count). The molecule has 1 aliphatic heterocycles. The molecule has 0 saturated carbocycles. The highest BCUT2D eigenvalue weighted by molar-refractivity contribution is 5.71. The number of azide groups is 1. The van der Waals surface area contributed by atoms with Crippen molar-refractivity contribution in [3.8, 4) is 0 Å². The van der Waals surface area contributed by atoms with Gasteiger partial charge in [-0.25, -0.2) is 4.79 Å². The Balaban J connectivity index is 2.34. The molecule has 25 heavy (non-hydrogen) atoms. The second-order valence-corrected chi connectivity index (χ2v) is 5.78. The summed E-state index contributed by atoms with van der Waals surface area (Å²) in [5.74, 6) is -1.12. The molecule has 0 aromatic carbocycles. The lowest BCUT2D eigenvalue weighted by Crippen LogP contribution is -2.45. The predicted molar refractivity (Wildman–Crippen MR) is 82.7 cm³/mol. The summed E-state index contributed by atoms with van der Waals surface area (Å²) in [6, 6.07) is 1.29.